The number of rotatable bonds is 5. The van der Waals surface area contributed by atoms with Gasteiger partial charge in [-0.25, -0.2) is 5.43 Å². The zero-order chi connectivity index (χ0) is 18.8. The molecule has 2 aromatic carbocycles. The van der Waals surface area contributed by atoms with E-state index in [9.17, 15) is 5.11 Å². The van der Waals surface area contributed by atoms with E-state index in [1.54, 1.807) is 24.4 Å². The minimum atomic E-state index is 0.0917. The Labute approximate surface area is 154 Å². The molecule has 0 saturated heterocycles. The summed E-state index contributed by atoms with van der Waals surface area (Å²) in [5.74, 6) is 0.786. The van der Waals surface area contributed by atoms with Crippen LogP contribution in [0.15, 0.2) is 41.5 Å². The van der Waals surface area contributed by atoms with Crippen molar-refractivity contribution in [1.82, 2.24) is 20.2 Å². The van der Waals surface area contributed by atoms with Crippen LogP contribution in [0, 0.1) is 6.92 Å². The van der Waals surface area contributed by atoms with E-state index >= 15 is 0 Å². The lowest BCUT2D eigenvalue weighted by Crippen LogP contribution is -1.99. The Morgan fingerprint density at radius 2 is 2.11 bits per heavy atom. The molecule has 0 amide bonds. The third-order valence-corrected chi connectivity index (χ3v) is 4.03. The van der Waals surface area contributed by atoms with Crippen molar-refractivity contribution in [1.29, 1.82) is 0 Å². The van der Waals surface area contributed by atoms with Gasteiger partial charge >= 0.3 is 0 Å². The number of nitrogens with zero attached hydrogens (tertiary/aromatic N) is 4. The van der Waals surface area contributed by atoms with E-state index in [1.807, 2.05) is 26.0 Å². The fourth-order valence-electron chi connectivity index (χ4n) is 2.78. The van der Waals surface area contributed by atoms with E-state index in [-0.39, 0.29) is 11.7 Å². The van der Waals surface area contributed by atoms with Gasteiger partial charge in [-0.15, -0.1) is 10.2 Å². The summed E-state index contributed by atoms with van der Waals surface area (Å²) >= 11 is 0. The monoisotopic (exact) mass is 362 g/mol. The van der Waals surface area contributed by atoms with E-state index < -0.39 is 0 Å². The number of nitrogens with one attached hydrogen (secondary N) is 2. The molecule has 4 aromatic rings. The molecule has 0 aliphatic rings. The number of hydrazone groups is 1. The van der Waals surface area contributed by atoms with Gasteiger partial charge in [-0.3, -0.25) is 0 Å². The first-order valence-corrected chi connectivity index (χ1v) is 8.51. The molecule has 8 heteroatoms. The van der Waals surface area contributed by atoms with E-state index in [0.29, 0.717) is 18.0 Å². The molecular weight excluding hydrogens is 344 g/mol. The molecular formula is C19H18N6O2. The predicted octanol–water partition coefficient (Wildman–Crippen LogP) is 3.36. The van der Waals surface area contributed by atoms with Crippen molar-refractivity contribution in [3.63, 3.8) is 0 Å². The number of fused-ring (bicyclic) bond motifs is 3. The number of phenolic OH excluding ortho intramolecular Hbond substituents is 1. The highest BCUT2D eigenvalue weighted by atomic mass is 16.5. The van der Waals surface area contributed by atoms with E-state index in [4.69, 9.17) is 4.74 Å². The molecule has 0 radical (unpaired) electrons. The van der Waals surface area contributed by atoms with Crippen molar-refractivity contribution in [3.05, 3.63) is 47.5 Å². The van der Waals surface area contributed by atoms with Crippen molar-refractivity contribution in [3.8, 4) is 11.5 Å². The molecule has 27 heavy (non-hydrogen) atoms. The van der Waals surface area contributed by atoms with Crippen LogP contribution in [0.5, 0.6) is 11.5 Å². The van der Waals surface area contributed by atoms with Crippen LogP contribution >= 0.6 is 0 Å². The lowest BCUT2D eigenvalue weighted by molar-refractivity contribution is 0.318. The lowest BCUT2D eigenvalue weighted by Gasteiger charge is -2.05. The van der Waals surface area contributed by atoms with Crippen LogP contribution in [0.2, 0.25) is 0 Å². The maximum Gasteiger partial charge on any atom is 0.265 e. The van der Waals surface area contributed by atoms with Crippen LogP contribution in [0.3, 0.4) is 0 Å². The van der Waals surface area contributed by atoms with E-state index in [2.05, 4.69) is 36.8 Å². The number of hydrogen-bond acceptors (Lipinski definition) is 7. The first-order valence-electron chi connectivity index (χ1n) is 8.51. The number of H-pyrrole nitrogens is 1. The maximum absolute atomic E-state index is 9.73. The van der Waals surface area contributed by atoms with Crippen molar-refractivity contribution in [2.45, 2.75) is 13.8 Å². The van der Waals surface area contributed by atoms with Crippen LogP contribution < -0.4 is 10.2 Å². The zero-order valence-electron chi connectivity index (χ0n) is 14.9. The van der Waals surface area contributed by atoms with Crippen molar-refractivity contribution < 1.29 is 9.84 Å². The molecule has 8 nitrogen and oxygen atoms in total. The number of aromatic hydroxyl groups is 1. The van der Waals surface area contributed by atoms with Gasteiger partial charge < -0.3 is 14.8 Å². The van der Waals surface area contributed by atoms with Crippen molar-refractivity contribution in [2.24, 2.45) is 5.10 Å². The quantitative estimate of drug-likeness (QED) is 0.371. The molecule has 0 saturated carbocycles. The fraction of sp³-hybridized carbons (Fsp3) is 0.158. The Morgan fingerprint density at radius 1 is 1.22 bits per heavy atom. The molecule has 0 unspecified atom stereocenters. The summed E-state index contributed by atoms with van der Waals surface area (Å²) in [6.45, 7) is 4.35. The molecule has 0 bridgehead atoms. The third-order valence-electron chi connectivity index (χ3n) is 4.03. The number of anilines is 1. The number of ether oxygens (including phenoxy) is 1. The Morgan fingerprint density at radius 3 is 2.96 bits per heavy atom. The molecule has 4 rings (SSSR count). The van der Waals surface area contributed by atoms with Crippen LogP contribution in [0.25, 0.3) is 22.1 Å². The van der Waals surface area contributed by atoms with Crippen molar-refractivity contribution in [2.75, 3.05) is 12.0 Å². The van der Waals surface area contributed by atoms with Crippen molar-refractivity contribution >= 4 is 34.2 Å². The van der Waals surface area contributed by atoms with Crippen LogP contribution in [0.4, 0.5) is 5.95 Å². The fourth-order valence-corrected chi connectivity index (χ4v) is 2.78. The molecule has 2 aromatic heterocycles. The lowest BCUT2D eigenvalue weighted by atomic mass is 10.2. The Bertz CT molecular complexity index is 1150. The minimum absolute atomic E-state index is 0.0917. The van der Waals surface area contributed by atoms with Gasteiger partial charge in [0.1, 0.15) is 5.52 Å². The Kier molecular flexibility index (Phi) is 4.29. The van der Waals surface area contributed by atoms with Gasteiger partial charge in [0, 0.05) is 10.9 Å². The van der Waals surface area contributed by atoms with Gasteiger partial charge in [0.15, 0.2) is 17.1 Å². The summed E-state index contributed by atoms with van der Waals surface area (Å²) < 4.78 is 5.36. The molecule has 136 valence electrons. The first-order chi connectivity index (χ1) is 13.1. The number of hydrogen-bond donors (Lipinski definition) is 3. The molecule has 0 aliphatic heterocycles. The Balaban J connectivity index is 1.56. The molecule has 3 N–H and O–H groups in total. The van der Waals surface area contributed by atoms with Gasteiger partial charge in [-0.2, -0.15) is 10.1 Å². The largest absolute Gasteiger partial charge is 0.504 e. The molecule has 0 aliphatic carbocycles. The van der Waals surface area contributed by atoms with Gasteiger partial charge in [0.25, 0.3) is 5.95 Å². The average molecular weight is 362 g/mol. The van der Waals surface area contributed by atoms with Gasteiger partial charge in [-0.1, -0.05) is 11.6 Å². The Hall–Kier alpha value is -3.68. The number of aryl methyl sites for hydroxylation is 1. The highest BCUT2D eigenvalue weighted by Gasteiger charge is 2.09. The third kappa shape index (κ3) is 3.37. The molecule has 0 atom stereocenters. The summed E-state index contributed by atoms with van der Waals surface area (Å²) in [7, 11) is 0. The minimum Gasteiger partial charge on any atom is -0.504 e. The van der Waals surface area contributed by atoms with Gasteiger partial charge in [-0.05, 0) is 49.7 Å². The predicted molar refractivity (Wildman–Crippen MR) is 104 cm³/mol. The van der Waals surface area contributed by atoms with Crippen LogP contribution in [0.1, 0.15) is 18.1 Å². The number of aromatic nitrogens is 4. The number of phenols is 1. The molecule has 2 heterocycles. The highest BCUT2D eigenvalue weighted by molar-refractivity contribution is 6.03. The standard InChI is InChI=1S/C19H18N6O2/c1-3-27-16-9-12(5-7-15(16)26)10-20-24-19-22-18-17(23-25-19)13-8-11(2)4-6-14(13)21-18/h4-10,26H,3H2,1-2H3,(H2,21,22,24,25)/b20-10+. The smallest absolute Gasteiger partial charge is 0.265 e. The summed E-state index contributed by atoms with van der Waals surface area (Å²) in [5, 5.41) is 23.2. The van der Waals surface area contributed by atoms with Gasteiger partial charge in [0.2, 0.25) is 0 Å². The summed E-state index contributed by atoms with van der Waals surface area (Å²) in [6, 6.07) is 11.1. The summed E-state index contributed by atoms with van der Waals surface area (Å²) in [4.78, 5) is 7.65. The average Bonchev–Trinajstić information content (AvgIpc) is 3.01. The van der Waals surface area contributed by atoms with E-state index in [0.717, 1.165) is 27.5 Å². The number of benzene rings is 2. The normalized spacial score (nSPS) is 11.5. The number of aromatic amines is 1. The first kappa shape index (κ1) is 16.8. The van der Waals surface area contributed by atoms with Gasteiger partial charge in [0.05, 0.1) is 12.8 Å². The second-order valence-corrected chi connectivity index (χ2v) is 6.04. The second kappa shape index (κ2) is 6.91. The SMILES string of the molecule is CCOc1cc(/C=N/Nc2nnc3c(n2)[nH]c2ccc(C)cc23)ccc1O. The maximum atomic E-state index is 9.73. The van der Waals surface area contributed by atoms with Crippen LogP contribution in [-0.2, 0) is 0 Å². The second-order valence-electron chi connectivity index (χ2n) is 6.04. The van der Waals surface area contributed by atoms with Crippen LogP contribution in [-0.4, -0.2) is 38.1 Å². The molecule has 0 fully saturated rings. The summed E-state index contributed by atoms with van der Waals surface area (Å²) in [5.41, 5.74) is 7.02. The highest BCUT2D eigenvalue weighted by Crippen LogP contribution is 2.26. The molecule has 0 spiro atoms. The van der Waals surface area contributed by atoms with E-state index in [1.165, 1.54) is 0 Å². The zero-order valence-corrected chi connectivity index (χ0v) is 14.9. The summed E-state index contributed by atoms with van der Waals surface area (Å²) in [6.07, 6.45) is 1.59. The topological polar surface area (TPSA) is 108 Å².